The molecule has 1 N–H and O–H groups in total. The summed E-state index contributed by atoms with van der Waals surface area (Å²) in [5.41, 5.74) is 3.03. The first-order valence-electron chi connectivity index (χ1n) is 7.28. The number of ether oxygens (including phenoxy) is 1. The second-order valence-corrected chi connectivity index (χ2v) is 5.59. The van der Waals surface area contributed by atoms with Crippen LogP contribution in [-0.4, -0.2) is 12.2 Å². The lowest BCUT2D eigenvalue weighted by Crippen LogP contribution is -1.80. The van der Waals surface area contributed by atoms with Gasteiger partial charge < -0.3 is 18.7 Å². The van der Waals surface area contributed by atoms with Crippen LogP contribution in [0.3, 0.4) is 0 Å². The Morgan fingerprint density at radius 2 is 1.26 bits per heavy atom. The number of aromatic hydroxyl groups is 1. The van der Waals surface area contributed by atoms with Crippen LogP contribution in [0.1, 0.15) is 0 Å². The average Bonchev–Trinajstić information content (AvgIpc) is 3.08. The summed E-state index contributed by atoms with van der Waals surface area (Å²) in [7, 11) is 1.64. The fraction of sp³-hybridized carbons (Fsp3) is 0.0526. The van der Waals surface area contributed by atoms with Gasteiger partial charge in [0.05, 0.1) is 7.11 Å². The topological polar surface area (TPSA) is 55.7 Å². The highest BCUT2D eigenvalue weighted by Crippen LogP contribution is 2.38. The molecule has 0 fully saturated rings. The number of hydrogen-bond acceptors (Lipinski definition) is 4. The molecule has 0 aliphatic rings. The van der Waals surface area contributed by atoms with Crippen molar-refractivity contribution in [3.8, 4) is 11.5 Å². The van der Waals surface area contributed by atoms with Crippen LogP contribution in [-0.2, 0) is 0 Å². The average molecular weight is 304 g/mol. The van der Waals surface area contributed by atoms with E-state index in [1.807, 2.05) is 36.4 Å². The summed E-state index contributed by atoms with van der Waals surface area (Å²) < 4.78 is 17.1. The zero-order valence-electron chi connectivity index (χ0n) is 12.3. The van der Waals surface area contributed by atoms with E-state index in [-0.39, 0.29) is 5.75 Å². The molecule has 2 aromatic heterocycles. The lowest BCUT2D eigenvalue weighted by molar-refractivity contribution is 0.414. The third kappa shape index (κ3) is 1.66. The summed E-state index contributed by atoms with van der Waals surface area (Å²) in [5.74, 6) is 0.957. The first kappa shape index (κ1) is 12.4. The van der Waals surface area contributed by atoms with E-state index in [0.29, 0.717) is 5.58 Å². The summed E-state index contributed by atoms with van der Waals surface area (Å²) in [6.45, 7) is 0. The maximum atomic E-state index is 9.60. The van der Waals surface area contributed by atoms with Crippen molar-refractivity contribution < 1.29 is 18.7 Å². The van der Waals surface area contributed by atoms with E-state index in [1.165, 1.54) is 0 Å². The van der Waals surface area contributed by atoms with Gasteiger partial charge in [0.1, 0.15) is 33.8 Å². The van der Waals surface area contributed by atoms with Gasteiger partial charge in [-0.25, -0.2) is 0 Å². The molecule has 0 aliphatic heterocycles. The SMILES string of the molecule is COc1ccc2c(c1)oc1cc3c(cc12)oc1cc(O)ccc13. The molecule has 2 heterocycles. The van der Waals surface area contributed by atoms with Gasteiger partial charge in [0.2, 0.25) is 0 Å². The molecule has 5 rings (SSSR count). The molecule has 0 radical (unpaired) electrons. The minimum Gasteiger partial charge on any atom is -0.508 e. The standard InChI is InChI=1S/C19H12O4/c1-21-11-3-5-13-15-9-18-14(8-19(15)23-17(13)7-11)12-4-2-10(20)6-16(12)22-18/h2-9,20H,1H3. The van der Waals surface area contributed by atoms with Gasteiger partial charge in [-0.05, 0) is 36.4 Å². The predicted octanol–water partition coefficient (Wildman–Crippen LogP) is 5.20. The van der Waals surface area contributed by atoms with Crippen LogP contribution < -0.4 is 4.74 Å². The van der Waals surface area contributed by atoms with Crippen molar-refractivity contribution in [3.63, 3.8) is 0 Å². The van der Waals surface area contributed by atoms with Gasteiger partial charge in [-0.3, -0.25) is 0 Å². The minimum absolute atomic E-state index is 0.192. The van der Waals surface area contributed by atoms with Crippen LogP contribution in [0.4, 0.5) is 0 Å². The number of phenols is 1. The third-order valence-electron chi connectivity index (χ3n) is 4.26. The summed E-state index contributed by atoms with van der Waals surface area (Å²) >= 11 is 0. The molecule has 0 unspecified atom stereocenters. The largest absolute Gasteiger partial charge is 0.508 e. The molecule has 0 atom stereocenters. The summed E-state index contributed by atoms with van der Waals surface area (Å²) in [4.78, 5) is 0. The van der Waals surface area contributed by atoms with Crippen LogP contribution in [0.25, 0.3) is 43.9 Å². The van der Waals surface area contributed by atoms with Gasteiger partial charge in [-0.2, -0.15) is 0 Å². The lowest BCUT2D eigenvalue weighted by atomic mass is 10.1. The number of methoxy groups -OCH3 is 1. The van der Waals surface area contributed by atoms with Crippen LogP contribution in [0.5, 0.6) is 11.5 Å². The number of benzene rings is 3. The van der Waals surface area contributed by atoms with Gasteiger partial charge in [0, 0.05) is 33.7 Å². The molecule has 0 bridgehead atoms. The molecule has 23 heavy (non-hydrogen) atoms. The van der Waals surface area contributed by atoms with Crippen molar-refractivity contribution in [3.05, 3.63) is 48.5 Å². The third-order valence-corrected chi connectivity index (χ3v) is 4.26. The molecular formula is C19H12O4. The van der Waals surface area contributed by atoms with E-state index in [2.05, 4.69) is 0 Å². The Hall–Kier alpha value is -3.14. The second kappa shape index (κ2) is 4.20. The van der Waals surface area contributed by atoms with E-state index >= 15 is 0 Å². The van der Waals surface area contributed by atoms with Gasteiger partial charge in [-0.1, -0.05) is 0 Å². The highest BCUT2D eigenvalue weighted by molar-refractivity contribution is 6.14. The molecule has 3 aromatic carbocycles. The van der Waals surface area contributed by atoms with Gasteiger partial charge >= 0.3 is 0 Å². The maximum absolute atomic E-state index is 9.60. The van der Waals surface area contributed by atoms with Crippen LogP contribution in [0.2, 0.25) is 0 Å². The van der Waals surface area contributed by atoms with Gasteiger partial charge in [0.25, 0.3) is 0 Å². The van der Waals surface area contributed by atoms with E-state index in [4.69, 9.17) is 13.6 Å². The Kier molecular flexibility index (Phi) is 2.26. The molecule has 0 amide bonds. The van der Waals surface area contributed by atoms with Gasteiger partial charge in [-0.15, -0.1) is 0 Å². The number of hydrogen-bond donors (Lipinski definition) is 1. The van der Waals surface area contributed by atoms with E-state index in [9.17, 15) is 5.11 Å². The van der Waals surface area contributed by atoms with Crippen molar-refractivity contribution in [2.75, 3.05) is 7.11 Å². The minimum atomic E-state index is 0.192. The molecule has 0 saturated carbocycles. The summed E-state index contributed by atoms with van der Waals surface area (Å²) in [5, 5.41) is 13.6. The number of fused-ring (bicyclic) bond motifs is 6. The molecule has 112 valence electrons. The Bertz CT molecular complexity index is 1210. The van der Waals surface area contributed by atoms with Crippen molar-refractivity contribution in [1.29, 1.82) is 0 Å². The molecule has 5 aromatic rings. The highest BCUT2D eigenvalue weighted by atomic mass is 16.5. The molecular weight excluding hydrogens is 292 g/mol. The monoisotopic (exact) mass is 304 g/mol. The van der Waals surface area contributed by atoms with Crippen molar-refractivity contribution in [2.45, 2.75) is 0 Å². The highest BCUT2D eigenvalue weighted by Gasteiger charge is 2.13. The second-order valence-electron chi connectivity index (χ2n) is 5.59. The van der Waals surface area contributed by atoms with Crippen molar-refractivity contribution in [2.24, 2.45) is 0 Å². The number of furan rings is 2. The summed E-state index contributed by atoms with van der Waals surface area (Å²) in [6.07, 6.45) is 0. The van der Waals surface area contributed by atoms with Crippen molar-refractivity contribution >= 4 is 43.9 Å². The molecule has 4 nitrogen and oxygen atoms in total. The Balaban J connectivity index is 1.91. The fourth-order valence-corrected chi connectivity index (χ4v) is 3.14. The maximum Gasteiger partial charge on any atom is 0.139 e. The first-order chi connectivity index (χ1) is 11.2. The summed E-state index contributed by atoms with van der Waals surface area (Å²) in [6, 6.07) is 14.9. The lowest BCUT2D eigenvalue weighted by Gasteiger charge is -1.97. The number of phenolic OH excluding ortho intramolecular Hbond substituents is 1. The Morgan fingerprint density at radius 1 is 0.696 bits per heavy atom. The van der Waals surface area contributed by atoms with E-state index in [1.54, 1.807) is 19.2 Å². The van der Waals surface area contributed by atoms with Crippen LogP contribution in [0, 0.1) is 0 Å². The predicted molar refractivity (Wildman–Crippen MR) is 89.2 cm³/mol. The van der Waals surface area contributed by atoms with Crippen molar-refractivity contribution in [1.82, 2.24) is 0 Å². The molecule has 4 heteroatoms. The van der Waals surface area contributed by atoms with E-state index < -0.39 is 0 Å². The quantitative estimate of drug-likeness (QED) is 0.462. The molecule has 0 spiro atoms. The fourth-order valence-electron chi connectivity index (χ4n) is 3.14. The first-order valence-corrected chi connectivity index (χ1v) is 7.28. The smallest absolute Gasteiger partial charge is 0.139 e. The molecule has 0 saturated heterocycles. The van der Waals surface area contributed by atoms with Crippen LogP contribution in [0.15, 0.2) is 57.4 Å². The number of rotatable bonds is 1. The Morgan fingerprint density at radius 3 is 1.91 bits per heavy atom. The van der Waals surface area contributed by atoms with E-state index in [0.717, 1.165) is 44.0 Å². The normalized spacial score (nSPS) is 11.9. The van der Waals surface area contributed by atoms with Crippen LogP contribution >= 0.6 is 0 Å². The Labute approximate surface area is 130 Å². The molecule has 0 aliphatic carbocycles. The van der Waals surface area contributed by atoms with Gasteiger partial charge in [0.15, 0.2) is 0 Å². The zero-order valence-corrected chi connectivity index (χ0v) is 12.3. The zero-order chi connectivity index (χ0) is 15.6.